The normalized spacial score (nSPS) is 14.2. The van der Waals surface area contributed by atoms with E-state index in [1.165, 1.54) is 212 Å². The van der Waals surface area contributed by atoms with Gasteiger partial charge in [-0.25, -0.2) is 0 Å². The van der Waals surface area contributed by atoms with Crippen LogP contribution < -0.4 is 19.6 Å². The van der Waals surface area contributed by atoms with Gasteiger partial charge in [0.1, 0.15) is 0 Å². The van der Waals surface area contributed by atoms with Crippen molar-refractivity contribution >= 4 is 45.5 Å². The lowest BCUT2D eigenvalue weighted by Crippen LogP contribution is -2.41. The molecule has 0 unspecified atom stereocenters. The van der Waals surface area contributed by atoms with Crippen LogP contribution in [0.5, 0.6) is 0 Å². The highest BCUT2D eigenvalue weighted by atomic mass is 15.2. The average Bonchev–Trinajstić information content (AvgIpc) is 1.57. The van der Waals surface area contributed by atoms with Gasteiger partial charge in [-0.05, 0) is 359 Å². The van der Waals surface area contributed by atoms with Crippen LogP contribution in [0.2, 0.25) is 0 Å². The van der Waals surface area contributed by atoms with Crippen molar-refractivity contribution in [2.24, 2.45) is 0 Å². The second-order valence-electron chi connectivity index (χ2n) is 49.9. The lowest BCUT2D eigenvalue weighted by Gasteiger charge is -2.44. The minimum atomic E-state index is -0.141. The Morgan fingerprint density at radius 3 is 0.924 bits per heavy atom. The zero-order chi connectivity index (χ0) is 104. The maximum Gasteiger partial charge on any atom is 0.0457 e. The molecule has 742 valence electrons. The fraction of sp³-hybridized carbons (Fsp3) is 0.319. The third-order valence-corrected chi connectivity index (χ3v) is 31.1. The van der Waals surface area contributed by atoms with Crippen molar-refractivity contribution in [3.8, 4) is 89.0 Å². The summed E-state index contributed by atoms with van der Waals surface area (Å²) in [5.41, 5.74) is 51.0. The number of nitrogens with zero attached hydrogens (tertiary/aromatic N) is 4. The molecule has 16 aromatic carbocycles. The highest BCUT2D eigenvalue weighted by molar-refractivity contribution is 5.93. The first kappa shape index (κ1) is 103. The Morgan fingerprint density at radius 1 is 0.234 bits per heavy atom. The predicted octanol–water partition coefficient (Wildman–Crippen LogP) is 40.1. The Morgan fingerprint density at radius 2 is 0.538 bits per heavy atom. The van der Waals surface area contributed by atoms with E-state index in [4.69, 9.17) is 0 Å². The Labute approximate surface area is 872 Å². The van der Waals surface area contributed by atoms with E-state index in [1.54, 1.807) is 0 Å². The largest absolute Gasteiger partial charge is 0.336 e. The lowest BCUT2D eigenvalue weighted by molar-refractivity contribution is 0.524. The van der Waals surface area contributed by atoms with E-state index in [-0.39, 0.29) is 54.6 Å². The molecular formula is C141H158N4. The molecule has 16 aromatic rings. The number of hydrogen-bond donors (Lipinski definition) is 0. The highest BCUT2D eigenvalue weighted by Crippen LogP contribution is 2.61. The van der Waals surface area contributed by atoms with Crippen LogP contribution in [0.3, 0.4) is 0 Å². The van der Waals surface area contributed by atoms with Crippen molar-refractivity contribution in [1.82, 2.24) is 0 Å². The van der Waals surface area contributed by atoms with Gasteiger partial charge < -0.3 is 19.6 Å². The molecule has 4 heteroatoms. The van der Waals surface area contributed by atoms with Gasteiger partial charge in [0.25, 0.3) is 0 Å². The molecule has 0 fully saturated rings. The fourth-order valence-corrected chi connectivity index (χ4v) is 25.0. The molecular weight excluding hydrogens is 1750 g/mol. The van der Waals surface area contributed by atoms with Crippen molar-refractivity contribution in [2.45, 2.75) is 294 Å². The minimum absolute atomic E-state index is 0.0112. The van der Waals surface area contributed by atoms with E-state index >= 15 is 0 Å². The molecule has 0 spiro atoms. The minimum Gasteiger partial charge on any atom is -0.336 e. The Hall–Kier alpha value is -13.3. The lowest BCUT2D eigenvalue weighted by atomic mass is 9.72. The summed E-state index contributed by atoms with van der Waals surface area (Å²) < 4.78 is 0. The van der Waals surface area contributed by atoms with Crippen molar-refractivity contribution < 1.29 is 0 Å². The maximum absolute atomic E-state index is 2.63. The molecule has 20 rings (SSSR count). The summed E-state index contributed by atoms with van der Waals surface area (Å²) in [6.07, 6.45) is 1.00. The number of anilines is 8. The molecule has 4 nitrogen and oxygen atoms in total. The van der Waals surface area contributed by atoms with Crippen LogP contribution in [-0.2, 0) is 38.9 Å². The van der Waals surface area contributed by atoms with E-state index in [0.717, 1.165) is 6.42 Å². The molecule has 0 atom stereocenters. The number of benzene rings is 16. The quantitative estimate of drug-likeness (QED) is 0.101. The van der Waals surface area contributed by atoms with Crippen LogP contribution >= 0.6 is 0 Å². The zero-order valence-corrected chi connectivity index (χ0v) is 93.1. The molecule has 0 aliphatic heterocycles. The molecule has 0 heterocycles. The maximum atomic E-state index is 2.63. The summed E-state index contributed by atoms with van der Waals surface area (Å²) in [6.45, 7) is 75.2. The van der Waals surface area contributed by atoms with Crippen molar-refractivity contribution in [3.05, 3.63) is 430 Å². The molecule has 4 aliphatic carbocycles. The summed E-state index contributed by atoms with van der Waals surface area (Å²) in [5.74, 6) is 0.792. The smallest absolute Gasteiger partial charge is 0.0457 e. The molecule has 0 radical (unpaired) electrons. The fourth-order valence-electron chi connectivity index (χ4n) is 25.0. The van der Waals surface area contributed by atoms with Gasteiger partial charge in [-0.3, -0.25) is 0 Å². The first-order valence-electron chi connectivity index (χ1n) is 53.3. The van der Waals surface area contributed by atoms with Crippen LogP contribution in [0, 0.1) is 6.92 Å². The SMILES string of the molecule is CC(C)(C)c1cc(-c2ccccc2)ccc1N(c1ccc2c(c1C(C)(C)C)C(C)(C)c1ccccc1-2)C(C)(C)C.CC(C)c1cc(-c2ccccc2)ccc1N(c1ccc2c(c1C(C)C)C(C)(C)c1ccccc1-2)C(C)(C)C.CCc1c(N(c2cccc(-c3ccccc3)c2)C(C)(C)C)ccc2c1C(C)(C)c1ccccc1-2.Cc1c(N(c2cccc(-c3ccccc3)c2)C(C)(C)C)ccc2c1C(C)(C)c1ccccc1-2. The summed E-state index contributed by atoms with van der Waals surface area (Å²) >= 11 is 0. The first-order chi connectivity index (χ1) is 68.4. The summed E-state index contributed by atoms with van der Waals surface area (Å²) in [7, 11) is 0. The van der Waals surface area contributed by atoms with Crippen LogP contribution in [0.25, 0.3) is 89.0 Å². The molecule has 4 aliphatic rings. The second-order valence-corrected chi connectivity index (χ2v) is 49.9. The van der Waals surface area contributed by atoms with Gasteiger partial charge in [0.15, 0.2) is 0 Å². The third-order valence-electron chi connectivity index (χ3n) is 31.1. The van der Waals surface area contributed by atoms with Gasteiger partial charge >= 0.3 is 0 Å². The number of hydrogen-bond acceptors (Lipinski definition) is 4. The topological polar surface area (TPSA) is 13.0 Å². The van der Waals surface area contributed by atoms with Gasteiger partial charge in [-0.1, -0.05) is 411 Å². The van der Waals surface area contributed by atoms with Crippen molar-refractivity contribution in [2.75, 3.05) is 19.6 Å². The van der Waals surface area contributed by atoms with Gasteiger partial charge in [0.05, 0.1) is 0 Å². The van der Waals surface area contributed by atoms with Gasteiger partial charge in [-0.2, -0.15) is 0 Å². The number of fused-ring (bicyclic) bond motifs is 12. The first-order valence-corrected chi connectivity index (χ1v) is 53.3. The molecule has 0 N–H and O–H groups in total. The monoisotopic (exact) mass is 1910 g/mol. The van der Waals surface area contributed by atoms with Crippen LogP contribution in [0.1, 0.15) is 304 Å². The van der Waals surface area contributed by atoms with Crippen molar-refractivity contribution in [1.29, 1.82) is 0 Å². The molecule has 145 heavy (non-hydrogen) atoms. The van der Waals surface area contributed by atoms with E-state index in [0.29, 0.717) is 11.8 Å². The summed E-state index contributed by atoms with van der Waals surface area (Å²) in [5, 5.41) is 0. The summed E-state index contributed by atoms with van der Waals surface area (Å²) in [4.78, 5) is 10.3. The van der Waals surface area contributed by atoms with Crippen molar-refractivity contribution in [3.63, 3.8) is 0 Å². The van der Waals surface area contributed by atoms with Gasteiger partial charge in [0, 0.05) is 89.3 Å². The second kappa shape index (κ2) is 38.9. The van der Waals surface area contributed by atoms with E-state index in [1.807, 2.05) is 0 Å². The molecule has 0 bridgehead atoms. The molecule has 0 aromatic heterocycles. The Kier molecular flexibility index (Phi) is 27.7. The predicted molar refractivity (Wildman–Crippen MR) is 631 cm³/mol. The van der Waals surface area contributed by atoms with Gasteiger partial charge in [-0.15, -0.1) is 0 Å². The third kappa shape index (κ3) is 19.3. The molecule has 0 saturated heterocycles. The Bertz CT molecular complexity index is 7450. The average molecular weight is 1910 g/mol. The Balaban J connectivity index is 0.000000133. The standard InChI is InChI=1S/C39H47N.C37H43N.C33H35N.C32H33N/c1-36(2,3)31-25-27(26-17-13-12-14-18-26)21-23-32(31)40(38(7,8)9)33-24-22-29-28-19-15-16-20-30(28)39(10,11)34(29)35(33)37(4,5)6;1-24(2)30-23-27(26-15-11-10-12-16-26)19-21-32(30)38(36(5,6)7)33-22-20-29-28-17-13-14-18-31(28)37(8,9)35(29)34(33)25(3)4;1-7-26-30(21-20-28-27-18-11-12-19-29(27)33(5,6)31(26)28)34(32(2,3)4)25-17-13-16-24(22-25)23-14-9-8-10-15-23;1-22-29(20-19-27-26-17-10-11-18-28(26)32(5,6)30(22)27)33(31(2,3)4)25-16-12-15-24(21-25)23-13-8-7-9-14-23/h12-25H,1-11H3;10-25H,1-9H3;8-22H,7H2,1-6H3;7-21H,1-6H3. The highest BCUT2D eigenvalue weighted by Gasteiger charge is 2.47. The van der Waals surface area contributed by atoms with Crippen LogP contribution in [0.4, 0.5) is 45.5 Å². The van der Waals surface area contributed by atoms with Crippen LogP contribution in [-0.4, -0.2) is 22.2 Å². The van der Waals surface area contributed by atoms with E-state index in [9.17, 15) is 0 Å². The number of rotatable bonds is 15. The van der Waals surface area contributed by atoms with Gasteiger partial charge in [0.2, 0.25) is 0 Å². The summed E-state index contributed by atoms with van der Waals surface area (Å²) in [6, 6.07) is 130. The zero-order valence-electron chi connectivity index (χ0n) is 93.1. The van der Waals surface area contributed by atoms with E-state index < -0.39 is 0 Å². The molecule has 0 saturated carbocycles. The molecule has 0 amide bonds. The van der Waals surface area contributed by atoms with Crippen LogP contribution in [0.15, 0.2) is 352 Å². The van der Waals surface area contributed by atoms with E-state index in [2.05, 4.69) is 593 Å².